The molecule has 0 radical (unpaired) electrons. The summed E-state index contributed by atoms with van der Waals surface area (Å²) in [6.45, 7) is 14.3. The summed E-state index contributed by atoms with van der Waals surface area (Å²) in [6, 6.07) is 5.16. The van der Waals surface area contributed by atoms with E-state index in [1.54, 1.807) is 30.6 Å². The molecule has 0 aromatic carbocycles. The normalized spacial score (nSPS) is 35.5. The Balaban J connectivity index is 1.39. The molecule has 8 atom stereocenters. The molecule has 0 amide bonds. The van der Waals surface area contributed by atoms with Crippen LogP contribution in [0.2, 0.25) is 0 Å². The summed E-state index contributed by atoms with van der Waals surface area (Å²) in [4.78, 5) is 48.0. The summed E-state index contributed by atoms with van der Waals surface area (Å²) >= 11 is 0. The third-order valence-corrected chi connectivity index (χ3v) is 12.2. The molecule has 2 saturated carbocycles. The maximum Gasteiger partial charge on any atom is 0.345 e. The van der Waals surface area contributed by atoms with Gasteiger partial charge in [0.05, 0.1) is 19.1 Å². The van der Waals surface area contributed by atoms with E-state index < -0.39 is 40.2 Å². The molecule has 1 N–H and O–H groups in total. The van der Waals surface area contributed by atoms with E-state index in [0.717, 1.165) is 39.0 Å². The number of rotatable bonds is 7. The lowest BCUT2D eigenvalue weighted by molar-refractivity contribution is -0.262. The predicted octanol–water partition coefficient (Wildman–Crippen LogP) is 4.08. The Labute approximate surface area is 276 Å². The predicted molar refractivity (Wildman–Crippen MR) is 173 cm³/mol. The number of ether oxygens (including phenoxy) is 3. The largest absolute Gasteiger partial charge is 0.482 e. The number of piperazine rings is 1. The van der Waals surface area contributed by atoms with Crippen molar-refractivity contribution < 1.29 is 33.3 Å². The molecule has 0 spiro atoms. The summed E-state index contributed by atoms with van der Waals surface area (Å²) in [5, 5.41) is 12.3. The minimum Gasteiger partial charge on any atom is -0.482 e. The van der Waals surface area contributed by atoms with Crippen LogP contribution in [0.1, 0.15) is 72.0 Å². The van der Waals surface area contributed by atoms with Gasteiger partial charge in [0.1, 0.15) is 28.8 Å². The highest BCUT2D eigenvalue weighted by Gasteiger charge is 2.70. The van der Waals surface area contributed by atoms with E-state index in [-0.39, 0.29) is 53.9 Å². The first kappa shape index (κ1) is 33.6. The first-order chi connectivity index (χ1) is 22.3. The van der Waals surface area contributed by atoms with Crippen molar-refractivity contribution in [2.45, 2.75) is 78.1 Å². The lowest BCUT2D eigenvalue weighted by Gasteiger charge is -2.66. The van der Waals surface area contributed by atoms with Gasteiger partial charge in [0, 0.05) is 75.0 Å². The number of carbonyl (C=O) groups is 2. The SMILES string of the molecule is CC(=O)OCC1(C)C2C[C@H](OC(=O)CCN3CCN(C)CC3)[C@@]3(C)Oc4cc(-c5cccnc5)oc(=O)c4[C@H](O)C3[C@@]2(C)CC[C@@H]1C. The molecule has 4 aliphatic rings. The van der Waals surface area contributed by atoms with Gasteiger partial charge in [-0.1, -0.05) is 20.8 Å². The topological polar surface area (TPSA) is 132 Å². The Morgan fingerprint density at radius 2 is 1.91 bits per heavy atom. The molecule has 47 heavy (non-hydrogen) atoms. The Bertz CT molecular complexity index is 1540. The third-order valence-electron chi connectivity index (χ3n) is 12.2. The maximum absolute atomic E-state index is 13.6. The van der Waals surface area contributed by atoms with Crippen molar-refractivity contribution in [3.63, 3.8) is 0 Å². The van der Waals surface area contributed by atoms with Gasteiger partial charge < -0.3 is 33.5 Å². The van der Waals surface area contributed by atoms with Gasteiger partial charge in [-0.05, 0) is 62.6 Å². The van der Waals surface area contributed by atoms with E-state index in [9.17, 15) is 19.5 Å². The quantitative estimate of drug-likeness (QED) is 0.435. The number of aliphatic hydroxyl groups excluding tert-OH is 1. The van der Waals surface area contributed by atoms with Gasteiger partial charge in [0.2, 0.25) is 0 Å². The molecule has 2 aliphatic carbocycles. The second-order valence-corrected chi connectivity index (χ2v) is 15.0. The van der Waals surface area contributed by atoms with E-state index in [0.29, 0.717) is 18.5 Å². The molecule has 0 bridgehead atoms. The van der Waals surface area contributed by atoms with Gasteiger partial charge in [-0.25, -0.2) is 4.79 Å². The molecule has 3 fully saturated rings. The average molecular weight is 652 g/mol. The molecule has 6 rings (SSSR count). The Hall–Kier alpha value is -3.28. The van der Waals surface area contributed by atoms with Crippen LogP contribution in [0.5, 0.6) is 5.75 Å². The number of pyridine rings is 1. The number of esters is 2. The second-order valence-electron chi connectivity index (χ2n) is 15.0. The van der Waals surface area contributed by atoms with Crippen LogP contribution in [0.25, 0.3) is 11.3 Å². The van der Waals surface area contributed by atoms with Gasteiger partial charge in [-0.2, -0.15) is 0 Å². The summed E-state index contributed by atoms with van der Waals surface area (Å²) in [5.74, 6) is -0.721. The van der Waals surface area contributed by atoms with Gasteiger partial charge in [-0.3, -0.25) is 14.6 Å². The zero-order valence-corrected chi connectivity index (χ0v) is 28.5. The fraction of sp³-hybridized carbons (Fsp3) is 0.667. The number of carbonyl (C=O) groups excluding carboxylic acids is 2. The summed E-state index contributed by atoms with van der Waals surface area (Å²) in [5.41, 5.74) is -2.19. The fourth-order valence-electron chi connectivity index (χ4n) is 9.24. The van der Waals surface area contributed by atoms with Crippen molar-refractivity contribution in [2.75, 3.05) is 46.4 Å². The van der Waals surface area contributed by atoms with E-state index >= 15 is 0 Å². The molecule has 2 aromatic heterocycles. The minimum absolute atomic E-state index is 0.0717. The first-order valence-corrected chi connectivity index (χ1v) is 17.0. The molecule has 11 nitrogen and oxygen atoms in total. The van der Waals surface area contributed by atoms with E-state index in [1.165, 1.54) is 6.92 Å². The highest BCUT2D eigenvalue weighted by molar-refractivity contribution is 5.70. The molecule has 11 heteroatoms. The van der Waals surface area contributed by atoms with Crippen molar-refractivity contribution in [2.24, 2.45) is 28.6 Å². The van der Waals surface area contributed by atoms with Crippen LogP contribution in [0, 0.1) is 28.6 Å². The van der Waals surface area contributed by atoms with Crippen LogP contribution < -0.4 is 10.4 Å². The van der Waals surface area contributed by atoms with Crippen LogP contribution in [0.4, 0.5) is 0 Å². The Kier molecular flexibility index (Phi) is 9.04. The molecular weight excluding hydrogens is 602 g/mol. The second kappa shape index (κ2) is 12.6. The lowest BCUT2D eigenvalue weighted by Crippen LogP contribution is -2.70. The van der Waals surface area contributed by atoms with Crippen LogP contribution in [0.3, 0.4) is 0 Å². The molecule has 256 valence electrons. The van der Waals surface area contributed by atoms with Crippen LogP contribution in [0.15, 0.2) is 39.8 Å². The van der Waals surface area contributed by atoms with Crippen LogP contribution in [-0.4, -0.2) is 89.9 Å². The molecule has 2 aromatic rings. The van der Waals surface area contributed by atoms with E-state index in [2.05, 4.69) is 42.6 Å². The van der Waals surface area contributed by atoms with Crippen molar-refractivity contribution in [1.82, 2.24) is 14.8 Å². The fourth-order valence-corrected chi connectivity index (χ4v) is 9.24. The van der Waals surface area contributed by atoms with Gasteiger partial charge >= 0.3 is 17.6 Å². The Morgan fingerprint density at radius 3 is 2.60 bits per heavy atom. The van der Waals surface area contributed by atoms with Crippen molar-refractivity contribution in [3.8, 4) is 17.1 Å². The first-order valence-electron chi connectivity index (χ1n) is 17.0. The van der Waals surface area contributed by atoms with Crippen LogP contribution >= 0.6 is 0 Å². The van der Waals surface area contributed by atoms with Crippen molar-refractivity contribution in [3.05, 3.63) is 46.6 Å². The molecular formula is C36H49N3O8. The lowest BCUT2D eigenvalue weighted by atomic mass is 9.41. The monoisotopic (exact) mass is 651 g/mol. The standard InChI is InChI=1S/C36H49N3O8/c1-22-9-11-34(3)27(35(22,4)21-44-23(2)40)19-28(46-29(41)10-13-39-16-14-38(6)15-17-39)36(5)32(34)31(42)30-26(47-36)18-25(45-33(30)43)24-8-7-12-37-20-24/h7-8,12,18,20,22,27-28,31-32,42H,9-11,13-17,19,21H2,1-6H3/t22-,27?,28-,31-,32?,34-,35?,36+/m0/s1. The van der Waals surface area contributed by atoms with Crippen molar-refractivity contribution in [1.29, 1.82) is 0 Å². The molecule has 3 unspecified atom stereocenters. The smallest absolute Gasteiger partial charge is 0.345 e. The molecule has 2 aliphatic heterocycles. The minimum atomic E-state index is -1.24. The maximum atomic E-state index is 13.6. The Morgan fingerprint density at radius 1 is 1.17 bits per heavy atom. The number of nitrogens with zero attached hydrogens (tertiary/aromatic N) is 3. The van der Waals surface area contributed by atoms with E-state index in [4.69, 9.17) is 18.6 Å². The van der Waals surface area contributed by atoms with Crippen molar-refractivity contribution >= 4 is 11.9 Å². The molecule has 4 heterocycles. The number of fused-ring (bicyclic) bond motifs is 4. The number of aromatic nitrogens is 1. The zero-order valence-electron chi connectivity index (χ0n) is 28.5. The molecule has 1 saturated heterocycles. The number of hydrogen-bond acceptors (Lipinski definition) is 11. The summed E-state index contributed by atoms with van der Waals surface area (Å²) in [6.07, 6.45) is 3.54. The number of hydrogen-bond donors (Lipinski definition) is 1. The number of likely N-dealkylation sites (N-methyl/N-ethyl adjacent to an activating group) is 1. The average Bonchev–Trinajstić information content (AvgIpc) is 3.03. The third kappa shape index (κ3) is 5.99. The number of aliphatic hydroxyl groups is 1. The van der Waals surface area contributed by atoms with Gasteiger partial charge in [0.15, 0.2) is 0 Å². The highest BCUT2D eigenvalue weighted by atomic mass is 16.6. The van der Waals surface area contributed by atoms with Crippen LogP contribution in [-0.2, 0) is 19.1 Å². The summed E-state index contributed by atoms with van der Waals surface area (Å²) in [7, 11) is 2.10. The van der Waals surface area contributed by atoms with E-state index in [1.807, 2.05) is 6.92 Å². The van der Waals surface area contributed by atoms with Gasteiger partial charge in [-0.15, -0.1) is 0 Å². The van der Waals surface area contributed by atoms with Gasteiger partial charge in [0.25, 0.3) is 0 Å². The highest BCUT2D eigenvalue weighted by Crippen LogP contribution is 2.68. The zero-order chi connectivity index (χ0) is 33.7. The summed E-state index contributed by atoms with van der Waals surface area (Å²) < 4.78 is 24.7.